The van der Waals surface area contributed by atoms with Gasteiger partial charge in [-0.2, -0.15) is 4.98 Å². The number of piperazine rings is 1. The first-order chi connectivity index (χ1) is 17.5. The minimum absolute atomic E-state index is 0.0113. The summed E-state index contributed by atoms with van der Waals surface area (Å²) in [5.74, 6) is 1.39. The quantitative estimate of drug-likeness (QED) is 0.509. The molecule has 3 N–H and O–H groups in total. The normalized spacial score (nSPS) is 14.7. The lowest BCUT2D eigenvalue weighted by atomic mass is 10.0. The van der Waals surface area contributed by atoms with Gasteiger partial charge in [-0.25, -0.2) is 4.98 Å². The maximum atomic E-state index is 12.1. The fraction of sp³-hybridized carbons (Fsp3) is 0.360. The zero-order valence-corrected chi connectivity index (χ0v) is 20.4. The van der Waals surface area contributed by atoms with Crippen LogP contribution in [-0.4, -0.2) is 78.3 Å². The Morgan fingerprint density at radius 2 is 1.92 bits per heavy atom. The molecule has 0 spiro atoms. The van der Waals surface area contributed by atoms with Crippen LogP contribution in [0.1, 0.15) is 21.6 Å². The number of hydrogen-bond acceptors (Lipinski definition) is 8. The van der Waals surface area contributed by atoms with E-state index in [0.717, 1.165) is 48.0 Å². The number of benzene rings is 1. The van der Waals surface area contributed by atoms with Gasteiger partial charge >= 0.3 is 0 Å². The fourth-order valence-corrected chi connectivity index (χ4v) is 4.77. The maximum Gasteiger partial charge on any atom is 0.250 e. The van der Waals surface area contributed by atoms with E-state index in [9.17, 15) is 9.59 Å². The molecule has 0 saturated carbocycles. The first-order valence-corrected chi connectivity index (χ1v) is 11.8. The Bertz CT molecular complexity index is 1300. The number of methoxy groups -OCH3 is 2. The summed E-state index contributed by atoms with van der Waals surface area (Å²) in [5.41, 5.74) is 9.67. The van der Waals surface area contributed by atoms with Gasteiger partial charge in [0.2, 0.25) is 11.9 Å². The van der Waals surface area contributed by atoms with Gasteiger partial charge < -0.3 is 34.9 Å². The molecule has 1 aromatic carbocycles. The lowest BCUT2D eigenvalue weighted by Gasteiger charge is -2.36. The summed E-state index contributed by atoms with van der Waals surface area (Å²) < 4.78 is 12.5. The van der Waals surface area contributed by atoms with E-state index in [1.165, 1.54) is 7.11 Å². The first-order valence-electron chi connectivity index (χ1n) is 11.8. The van der Waals surface area contributed by atoms with Gasteiger partial charge in [0.05, 0.1) is 18.4 Å². The third kappa shape index (κ3) is 4.44. The number of nitrogens with two attached hydrogens (primary N) is 1. The van der Waals surface area contributed by atoms with Crippen LogP contribution in [0.4, 0.5) is 17.3 Å². The molecule has 2 aliphatic heterocycles. The van der Waals surface area contributed by atoms with Gasteiger partial charge in [0.15, 0.2) is 0 Å². The van der Waals surface area contributed by atoms with Gasteiger partial charge in [0.25, 0.3) is 5.91 Å². The van der Waals surface area contributed by atoms with E-state index in [0.29, 0.717) is 36.8 Å². The second kappa shape index (κ2) is 9.86. The number of carbonyl (C=O) groups excluding carboxylic acids is 2. The standard InChI is InChI=1S/C25H29N7O4/c1-35-15-22(33)31-11-9-30(10-12-31)17-4-5-19(21(13-17)36-2)28-25-27-14-16-3-6-20-18(23(26)34)7-8-32(20)24(16)29-25/h4-5,7-8,13-14H,3,6,9-12,15H2,1-2H3,(H2,26,34)(H,27,28,29). The van der Waals surface area contributed by atoms with Crippen LogP contribution in [-0.2, 0) is 22.4 Å². The third-order valence-corrected chi connectivity index (χ3v) is 6.66. The number of rotatable bonds is 7. The SMILES string of the molecule is COCC(=O)N1CCN(c2ccc(Nc3ncc4c(n3)-n3ccc(C(N)=O)c3CC4)c(OC)c2)CC1. The molecule has 188 valence electrons. The van der Waals surface area contributed by atoms with E-state index in [-0.39, 0.29) is 12.5 Å². The van der Waals surface area contributed by atoms with Crippen LogP contribution in [0, 0.1) is 0 Å². The largest absolute Gasteiger partial charge is 0.494 e. The molecule has 11 nitrogen and oxygen atoms in total. The Morgan fingerprint density at radius 3 is 2.64 bits per heavy atom. The molecule has 3 aromatic rings. The second-order valence-electron chi connectivity index (χ2n) is 8.76. The molecule has 0 radical (unpaired) electrons. The van der Waals surface area contributed by atoms with Crippen LogP contribution in [0.15, 0.2) is 36.7 Å². The van der Waals surface area contributed by atoms with E-state index in [4.69, 9.17) is 20.2 Å². The highest BCUT2D eigenvalue weighted by Gasteiger charge is 2.24. The smallest absolute Gasteiger partial charge is 0.250 e. The average Bonchev–Trinajstić information content (AvgIpc) is 3.34. The number of anilines is 3. The van der Waals surface area contributed by atoms with Crippen molar-refractivity contribution in [3.05, 3.63) is 53.5 Å². The van der Waals surface area contributed by atoms with Crippen molar-refractivity contribution >= 4 is 29.1 Å². The Balaban J connectivity index is 1.33. The van der Waals surface area contributed by atoms with Crippen LogP contribution >= 0.6 is 0 Å². The fourth-order valence-electron chi connectivity index (χ4n) is 4.77. The van der Waals surface area contributed by atoms with Crippen LogP contribution in [0.25, 0.3) is 5.82 Å². The molecule has 2 amide bonds. The monoisotopic (exact) mass is 491 g/mol. The molecule has 1 saturated heterocycles. The molecule has 2 aromatic heterocycles. The van der Waals surface area contributed by atoms with Crippen molar-refractivity contribution in [1.29, 1.82) is 0 Å². The number of nitrogens with zero attached hydrogens (tertiary/aromatic N) is 5. The van der Waals surface area contributed by atoms with Crippen molar-refractivity contribution < 1.29 is 19.1 Å². The third-order valence-electron chi connectivity index (χ3n) is 6.66. The number of aromatic nitrogens is 3. The molecule has 0 atom stereocenters. The number of fused-ring (bicyclic) bond motifs is 3. The molecule has 11 heteroatoms. The minimum Gasteiger partial charge on any atom is -0.494 e. The van der Waals surface area contributed by atoms with Gasteiger partial charge in [0.1, 0.15) is 18.2 Å². The molecular weight excluding hydrogens is 462 g/mol. The maximum absolute atomic E-state index is 12.1. The van der Waals surface area contributed by atoms with Crippen LogP contribution in [0.5, 0.6) is 5.75 Å². The summed E-state index contributed by atoms with van der Waals surface area (Å²) in [4.78, 5) is 37.1. The van der Waals surface area contributed by atoms with Crippen molar-refractivity contribution in [2.75, 3.05) is 57.2 Å². The average molecular weight is 492 g/mol. The molecule has 1 fully saturated rings. The van der Waals surface area contributed by atoms with Gasteiger partial charge in [0, 0.05) is 68.7 Å². The molecule has 0 bridgehead atoms. The van der Waals surface area contributed by atoms with Crippen LogP contribution < -0.4 is 20.7 Å². The molecule has 36 heavy (non-hydrogen) atoms. The predicted molar refractivity (Wildman–Crippen MR) is 134 cm³/mol. The topological polar surface area (TPSA) is 128 Å². The van der Waals surface area contributed by atoms with Crippen molar-refractivity contribution in [2.45, 2.75) is 12.8 Å². The molecular formula is C25H29N7O4. The first kappa shape index (κ1) is 23.6. The number of amides is 2. The van der Waals surface area contributed by atoms with Gasteiger partial charge in [-0.05, 0) is 31.0 Å². The summed E-state index contributed by atoms with van der Waals surface area (Å²) in [6.07, 6.45) is 5.08. The number of aryl methyl sites for hydroxylation is 1. The Hall–Kier alpha value is -4.12. The Morgan fingerprint density at radius 1 is 1.11 bits per heavy atom. The van der Waals surface area contributed by atoms with E-state index in [1.807, 2.05) is 40.1 Å². The lowest BCUT2D eigenvalue weighted by Crippen LogP contribution is -2.49. The lowest BCUT2D eigenvalue weighted by molar-refractivity contribution is -0.135. The van der Waals surface area contributed by atoms with Crippen molar-refractivity contribution in [1.82, 2.24) is 19.4 Å². The zero-order chi connectivity index (χ0) is 25.2. The van der Waals surface area contributed by atoms with Crippen LogP contribution in [0.2, 0.25) is 0 Å². The highest BCUT2D eigenvalue weighted by molar-refractivity contribution is 5.94. The van der Waals surface area contributed by atoms with Gasteiger partial charge in [-0.1, -0.05) is 0 Å². The molecule has 2 aliphatic rings. The summed E-state index contributed by atoms with van der Waals surface area (Å²) >= 11 is 0. The summed E-state index contributed by atoms with van der Waals surface area (Å²) in [7, 11) is 3.15. The van der Waals surface area contributed by atoms with E-state index in [1.54, 1.807) is 13.2 Å². The minimum atomic E-state index is -0.438. The Kier molecular flexibility index (Phi) is 6.47. The number of ether oxygens (including phenoxy) is 2. The molecule has 0 unspecified atom stereocenters. The second-order valence-corrected chi connectivity index (χ2v) is 8.76. The molecule has 4 heterocycles. The van der Waals surface area contributed by atoms with Crippen LogP contribution in [0.3, 0.4) is 0 Å². The highest BCUT2D eigenvalue weighted by atomic mass is 16.5. The van der Waals surface area contributed by atoms with Crippen molar-refractivity contribution in [3.8, 4) is 11.6 Å². The molecule has 5 rings (SSSR count). The Labute approximate surface area is 208 Å². The highest BCUT2D eigenvalue weighted by Crippen LogP contribution is 2.33. The van der Waals surface area contributed by atoms with Crippen molar-refractivity contribution in [3.63, 3.8) is 0 Å². The zero-order valence-electron chi connectivity index (χ0n) is 20.4. The summed E-state index contributed by atoms with van der Waals surface area (Å²) in [6.45, 7) is 2.85. The van der Waals surface area contributed by atoms with Gasteiger partial charge in [-0.15, -0.1) is 0 Å². The number of carbonyl (C=O) groups is 2. The van der Waals surface area contributed by atoms with E-state index in [2.05, 4.69) is 15.2 Å². The number of hydrogen-bond donors (Lipinski definition) is 2. The number of primary amides is 1. The van der Waals surface area contributed by atoms with E-state index >= 15 is 0 Å². The van der Waals surface area contributed by atoms with Crippen molar-refractivity contribution in [2.24, 2.45) is 5.73 Å². The molecule has 0 aliphatic carbocycles. The van der Waals surface area contributed by atoms with Gasteiger partial charge in [-0.3, -0.25) is 9.59 Å². The summed E-state index contributed by atoms with van der Waals surface area (Å²) in [6, 6.07) is 7.65. The van der Waals surface area contributed by atoms with E-state index < -0.39 is 5.91 Å². The predicted octanol–water partition coefficient (Wildman–Crippen LogP) is 1.51. The summed E-state index contributed by atoms with van der Waals surface area (Å²) in [5, 5.41) is 3.26. The number of nitrogens with one attached hydrogen (secondary N) is 1.